The lowest BCUT2D eigenvalue weighted by Gasteiger charge is -2.06. The van der Waals surface area contributed by atoms with Crippen molar-refractivity contribution in [1.29, 1.82) is 0 Å². The minimum Gasteiger partial charge on any atom is -0.306 e. The van der Waals surface area contributed by atoms with Gasteiger partial charge >= 0.3 is 0 Å². The van der Waals surface area contributed by atoms with Crippen LogP contribution in [0.3, 0.4) is 0 Å². The van der Waals surface area contributed by atoms with Gasteiger partial charge in [-0.3, -0.25) is 4.79 Å². The van der Waals surface area contributed by atoms with Gasteiger partial charge in [-0.05, 0) is 42.8 Å². The van der Waals surface area contributed by atoms with Crippen molar-refractivity contribution < 1.29 is 4.79 Å². The number of halogens is 1. The van der Waals surface area contributed by atoms with Crippen LogP contribution >= 0.6 is 15.9 Å². The molecule has 17 heavy (non-hydrogen) atoms. The maximum Gasteiger partial charge on any atom is 0.256 e. The zero-order valence-electron chi connectivity index (χ0n) is 9.27. The van der Waals surface area contributed by atoms with Crippen molar-refractivity contribution in [3.63, 3.8) is 0 Å². The summed E-state index contributed by atoms with van der Waals surface area (Å²) in [5.41, 5.74) is 1.55. The first-order valence-corrected chi connectivity index (χ1v) is 5.94. The Labute approximate surface area is 108 Å². The number of carbonyl (C=O) groups excluding carboxylic acids is 1. The highest BCUT2D eigenvalue weighted by Crippen LogP contribution is 2.13. The van der Waals surface area contributed by atoms with Gasteiger partial charge in [0.1, 0.15) is 5.82 Å². The molecule has 0 saturated heterocycles. The number of pyridine rings is 1. The van der Waals surface area contributed by atoms with E-state index in [0.29, 0.717) is 11.4 Å². The smallest absolute Gasteiger partial charge is 0.256 e. The van der Waals surface area contributed by atoms with Crippen molar-refractivity contribution in [2.45, 2.75) is 6.92 Å². The summed E-state index contributed by atoms with van der Waals surface area (Å²) in [7, 11) is 0. The van der Waals surface area contributed by atoms with Gasteiger partial charge in [0.2, 0.25) is 0 Å². The number of nitrogens with one attached hydrogen (secondary N) is 1. The molecule has 0 atom stereocenters. The van der Waals surface area contributed by atoms with Crippen LogP contribution in [0, 0.1) is 6.92 Å². The van der Waals surface area contributed by atoms with Gasteiger partial charge in [0, 0.05) is 16.2 Å². The number of aromatic nitrogens is 1. The third kappa shape index (κ3) is 2.91. The van der Waals surface area contributed by atoms with Crippen LogP contribution in [0.15, 0.2) is 47.1 Å². The monoisotopic (exact) mass is 290 g/mol. The highest BCUT2D eigenvalue weighted by Gasteiger charge is 2.07. The predicted molar refractivity (Wildman–Crippen MR) is 71.1 cm³/mol. The van der Waals surface area contributed by atoms with Gasteiger partial charge in [0.05, 0.1) is 0 Å². The molecule has 1 amide bonds. The van der Waals surface area contributed by atoms with E-state index in [1.54, 1.807) is 18.3 Å². The number of rotatable bonds is 2. The van der Waals surface area contributed by atoms with Gasteiger partial charge in [-0.25, -0.2) is 4.98 Å². The van der Waals surface area contributed by atoms with Crippen LogP contribution in [0.4, 0.5) is 5.82 Å². The number of amides is 1. The maximum atomic E-state index is 11.9. The maximum absolute atomic E-state index is 11.9. The molecule has 0 saturated carbocycles. The Morgan fingerprint density at radius 3 is 2.59 bits per heavy atom. The normalized spacial score (nSPS) is 10.0. The number of nitrogens with zero attached hydrogens (tertiary/aromatic N) is 1. The molecule has 0 aliphatic carbocycles. The van der Waals surface area contributed by atoms with Gasteiger partial charge in [-0.1, -0.05) is 22.0 Å². The fourth-order valence-corrected chi connectivity index (χ4v) is 1.66. The molecule has 0 aliphatic heterocycles. The van der Waals surface area contributed by atoms with Gasteiger partial charge in [-0.15, -0.1) is 0 Å². The Balaban J connectivity index is 2.17. The van der Waals surface area contributed by atoms with Crippen molar-refractivity contribution in [3.05, 3.63) is 58.2 Å². The summed E-state index contributed by atoms with van der Waals surface area (Å²) in [6, 6.07) is 10.9. The summed E-state index contributed by atoms with van der Waals surface area (Å²) in [4.78, 5) is 16.0. The van der Waals surface area contributed by atoms with E-state index in [0.717, 1.165) is 10.0 Å². The Kier molecular flexibility index (Phi) is 3.54. The molecule has 1 aromatic carbocycles. The predicted octanol–water partition coefficient (Wildman–Crippen LogP) is 3.40. The van der Waals surface area contributed by atoms with Gasteiger partial charge < -0.3 is 5.32 Å². The van der Waals surface area contributed by atoms with E-state index < -0.39 is 0 Å². The molecule has 2 aromatic rings. The van der Waals surface area contributed by atoms with Crippen molar-refractivity contribution in [1.82, 2.24) is 4.98 Å². The van der Waals surface area contributed by atoms with Crippen molar-refractivity contribution >= 4 is 27.7 Å². The zero-order chi connectivity index (χ0) is 12.3. The largest absolute Gasteiger partial charge is 0.306 e. The van der Waals surface area contributed by atoms with Gasteiger partial charge in [-0.2, -0.15) is 0 Å². The molecule has 2 rings (SSSR count). The molecule has 0 bridgehead atoms. The standard InChI is InChI=1S/C13H11BrN2O/c1-9-3-2-8-15-12(9)16-13(17)10-4-6-11(14)7-5-10/h2-8H,1H3,(H,15,16,17). The molecule has 0 radical (unpaired) electrons. The van der Waals surface area contributed by atoms with Gasteiger partial charge in [0.25, 0.3) is 5.91 Å². The van der Waals surface area contributed by atoms with Crippen LogP contribution in [-0.4, -0.2) is 10.9 Å². The summed E-state index contributed by atoms with van der Waals surface area (Å²) >= 11 is 3.33. The Morgan fingerprint density at radius 1 is 1.24 bits per heavy atom. The first-order valence-electron chi connectivity index (χ1n) is 5.15. The van der Waals surface area contributed by atoms with E-state index in [2.05, 4.69) is 26.2 Å². The summed E-state index contributed by atoms with van der Waals surface area (Å²) in [5.74, 6) is 0.444. The molecule has 0 fully saturated rings. The Hall–Kier alpha value is -1.68. The fraction of sp³-hybridized carbons (Fsp3) is 0.0769. The molecule has 1 N–H and O–H groups in total. The van der Waals surface area contributed by atoms with Crippen LogP contribution in [0.25, 0.3) is 0 Å². The van der Waals surface area contributed by atoms with Crippen LogP contribution < -0.4 is 5.32 Å². The fourth-order valence-electron chi connectivity index (χ4n) is 1.40. The van der Waals surface area contributed by atoms with E-state index >= 15 is 0 Å². The van der Waals surface area contributed by atoms with Crippen molar-refractivity contribution in [2.24, 2.45) is 0 Å². The zero-order valence-corrected chi connectivity index (χ0v) is 10.9. The summed E-state index contributed by atoms with van der Waals surface area (Å²) in [6.07, 6.45) is 1.66. The van der Waals surface area contributed by atoms with Crippen LogP contribution in [0.2, 0.25) is 0 Å². The minimum atomic E-state index is -0.153. The molecular weight excluding hydrogens is 280 g/mol. The number of hydrogen-bond acceptors (Lipinski definition) is 2. The number of anilines is 1. The van der Waals surface area contributed by atoms with Gasteiger partial charge in [0.15, 0.2) is 0 Å². The Morgan fingerprint density at radius 2 is 1.94 bits per heavy atom. The molecule has 0 aliphatic rings. The Bertz CT molecular complexity index is 537. The number of carbonyl (C=O) groups is 1. The molecular formula is C13H11BrN2O. The minimum absolute atomic E-state index is 0.153. The van der Waals surface area contributed by atoms with Crippen LogP contribution in [0.1, 0.15) is 15.9 Å². The summed E-state index contributed by atoms with van der Waals surface area (Å²) < 4.78 is 0.947. The number of hydrogen-bond donors (Lipinski definition) is 1. The van der Waals surface area contributed by atoms with E-state index in [1.165, 1.54) is 0 Å². The van der Waals surface area contributed by atoms with E-state index in [-0.39, 0.29) is 5.91 Å². The summed E-state index contributed by atoms with van der Waals surface area (Å²) in [5, 5.41) is 2.78. The SMILES string of the molecule is Cc1cccnc1NC(=O)c1ccc(Br)cc1. The highest BCUT2D eigenvalue weighted by molar-refractivity contribution is 9.10. The molecule has 0 unspecified atom stereocenters. The van der Waals surface area contributed by atoms with Crippen LogP contribution in [-0.2, 0) is 0 Å². The van der Waals surface area contributed by atoms with Crippen LogP contribution in [0.5, 0.6) is 0 Å². The highest BCUT2D eigenvalue weighted by atomic mass is 79.9. The third-order valence-electron chi connectivity index (χ3n) is 2.35. The molecule has 86 valence electrons. The van der Waals surface area contributed by atoms with Crippen molar-refractivity contribution in [2.75, 3.05) is 5.32 Å². The number of aryl methyl sites for hydroxylation is 1. The molecule has 4 heteroatoms. The third-order valence-corrected chi connectivity index (χ3v) is 2.88. The molecule has 1 aromatic heterocycles. The average molecular weight is 291 g/mol. The second-order valence-electron chi connectivity index (χ2n) is 3.63. The lowest BCUT2D eigenvalue weighted by atomic mass is 10.2. The lowest BCUT2D eigenvalue weighted by molar-refractivity contribution is 0.102. The van der Waals surface area contributed by atoms with E-state index in [1.807, 2.05) is 31.2 Å². The molecule has 0 spiro atoms. The second kappa shape index (κ2) is 5.10. The first-order chi connectivity index (χ1) is 8.16. The lowest BCUT2D eigenvalue weighted by Crippen LogP contribution is -2.13. The molecule has 1 heterocycles. The van der Waals surface area contributed by atoms with E-state index in [9.17, 15) is 4.79 Å². The quantitative estimate of drug-likeness (QED) is 0.921. The molecule has 3 nitrogen and oxygen atoms in total. The van der Waals surface area contributed by atoms with Crippen molar-refractivity contribution in [3.8, 4) is 0 Å². The average Bonchev–Trinajstić information content (AvgIpc) is 2.33. The number of benzene rings is 1. The first kappa shape index (κ1) is 11.8. The van der Waals surface area contributed by atoms with E-state index in [4.69, 9.17) is 0 Å². The topological polar surface area (TPSA) is 42.0 Å². The summed E-state index contributed by atoms with van der Waals surface area (Å²) in [6.45, 7) is 1.91. The second-order valence-corrected chi connectivity index (χ2v) is 4.55.